The second-order valence-electron chi connectivity index (χ2n) is 10.2. The van der Waals surface area contributed by atoms with E-state index in [9.17, 15) is 18.4 Å². The third kappa shape index (κ3) is 8.38. The zero-order valence-electron chi connectivity index (χ0n) is 23.2. The van der Waals surface area contributed by atoms with Gasteiger partial charge in [0.1, 0.15) is 17.5 Å². The smallest absolute Gasteiger partial charge is 0.371 e. The molecule has 0 saturated carbocycles. The molecule has 0 aliphatic rings. The Hall–Kier alpha value is -3.74. The molecule has 220 valence electrons. The van der Waals surface area contributed by atoms with Gasteiger partial charge in [0, 0.05) is 53.8 Å². The van der Waals surface area contributed by atoms with Crippen LogP contribution in [0.15, 0.2) is 41.5 Å². The number of amides is 1. The van der Waals surface area contributed by atoms with Crippen molar-refractivity contribution in [3.8, 4) is 11.3 Å². The van der Waals surface area contributed by atoms with Crippen LogP contribution in [0.3, 0.4) is 0 Å². The SMILES string of the molecule is CO/C(=C/c1c(F)cc(C(=O)Nc2nc(-c3cccc(C(CCOCC(C)(C)C)OC)c3F)cs2)cc1F)C(=O)O. The molecular weight excluding hydrogens is 561 g/mol. The summed E-state index contributed by atoms with van der Waals surface area (Å²) in [5.74, 6) is -5.92. The van der Waals surface area contributed by atoms with E-state index in [2.05, 4.69) is 35.8 Å². The summed E-state index contributed by atoms with van der Waals surface area (Å²) in [7, 11) is 2.54. The quantitative estimate of drug-likeness (QED) is 0.137. The molecule has 0 aliphatic carbocycles. The van der Waals surface area contributed by atoms with Gasteiger partial charge in [-0.3, -0.25) is 10.1 Å². The summed E-state index contributed by atoms with van der Waals surface area (Å²) in [5, 5.41) is 13.1. The number of nitrogens with one attached hydrogen (secondary N) is 1. The number of anilines is 1. The molecule has 3 rings (SSSR count). The van der Waals surface area contributed by atoms with E-state index in [4.69, 9.17) is 14.6 Å². The van der Waals surface area contributed by atoms with Crippen LogP contribution in [0.4, 0.5) is 18.3 Å². The molecule has 1 unspecified atom stereocenters. The Bertz CT molecular complexity index is 1410. The molecular formula is C29H31F3N2O6S. The Kier molecular flexibility index (Phi) is 10.7. The molecule has 1 amide bonds. The summed E-state index contributed by atoms with van der Waals surface area (Å²) in [6.45, 7) is 7.11. The van der Waals surface area contributed by atoms with E-state index < -0.39 is 46.8 Å². The fraction of sp³-hybridized carbons (Fsp3) is 0.345. The molecule has 0 aliphatic heterocycles. The largest absolute Gasteiger partial charge is 0.490 e. The fourth-order valence-corrected chi connectivity index (χ4v) is 4.49. The monoisotopic (exact) mass is 592 g/mol. The number of aromatic nitrogens is 1. The summed E-state index contributed by atoms with van der Waals surface area (Å²) in [5.41, 5.74) is -0.261. The Morgan fingerprint density at radius 2 is 1.83 bits per heavy atom. The van der Waals surface area contributed by atoms with Crippen molar-refractivity contribution in [2.24, 2.45) is 5.41 Å². The molecule has 12 heteroatoms. The molecule has 41 heavy (non-hydrogen) atoms. The highest BCUT2D eigenvalue weighted by Crippen LogP contribution is 2.33. The number of nitrogens with zero attached hydrogens (tertiary/aromatic N) is 1. The standard InChI is InChI=1S/C29H31F3N2O6S/c1-29(2,3)15-40-10-9-23(38-4)18-8-6-7-17(25(18)32)22-14-41-28(33-22)34-26(35)16-11-20(30)19(21(31)12-16)13-24(39-5)27(36)37/h6-8,11-14,23H,9-10,15H2,1-5H3,(H,36,37)(H,33,34,35)/b24-13+. The van der Waals surface area contributed by atoms with Gasteiger partial charge in [-0.25, -0.2) is 22.9 Å². The first kappa shape index (κ1) is 31.8. The van der Waals surface area contributed by atoms with Gasteiger partial charge in [-0.05, 0) is 23.6 Å². The summed E-state index contributed by atoms with van der Waals surface area (Å²) in [6, 6.07) is 6.36. The lowest BCUT2D eigenvalue weighted by Gasteiger charge is -2.21. The Morgan fingerprint density at radius 1 is 1.15 bits per heavy atom. The molecule has 0 fully saturated rings. The first-order valence-corrected chi connectivity index (χ1v) is 13.4. The minimum absolute atomic E-state index is 0.00465. The number of hydrogen-bond donors (Lipinski definition) is 2. The second kappa shape index (κ2) is 13.7. The van der Waals surface area contributed by atoms with E-state index >= 15 is 4.39 Å². The highest BCUT2D eigenvalue weighted by molar-refractivity contribution is 7.14. The van der Waals surface area contributed by atoms with E-state index in [1.165, 1.54) is 7.11 Å². The third-order valence-corrected chi connectivity index (χ3v) is 6.53. The number of benzene rings is 2. The highest BCUT2D eigenvalue weighted by Gasteiger charge is 2.22. The lowest BCUT2D eigenvalue weighted by Crippen LogP contribution is -2.16. The van der Waals surface area contributed by atoms with Crippen LogP contribution >= 0.6 is 11.3 Å². The van der Waals surface area contributed by atoms with Crippen LogP contribution in [0.25, 0.3) is 17.3 Å². The molecule has 2 aromatic carbocycles. The van der Waals surface area contributed by atoms with Crippen molar-refractivity contribution in [1.29, 1.82) is 0 Å². The maximum absolute atomic E-state index is 15.5. The van der Waals surface area contributed by atoms with Crippen LogP contribution in [0.2, 0.25) is 0 Å². The first-order valence-electron chi connectivity index (χ1n) is 12.5. The Morgan fingerprint density at radius 3 is 2.41 bits per heavy atom. The number of carboxylic acids is 1. The normalized spacial score (nSPS) is 12.7. The average molecular weight is 593 g/mol. The van der Waals surface area contributed by atoms with Gasteiger partial charge in [-0.15, -0.1) is 11.3 Å². The van der Waals surface area contributed by atoms with Crippen molar-refractivity contribution in [2.75, 3.05) is 32.8 Å². The summed E-state index contributed by atoms with van der Waals surface area (Å²) >= 11 is 1.00. The van der Waals surface area contributed by atoms with Gasteiger partial charge in [-0.2, -0.15) is 0 Å². The van der Waals surface area contributed by atoms with Gasteiger partial charge in [0.05, 0.1) is 25.5 Å². The molecule has 3 aromatic rings. The summed E-state index contributed by atoms with van der Waals surface area (Å²) in [4.78, 5) is 28.0. The molecule has 1 aromatic heterocycles. The lowest BCUT2D eigenvalue weighted by molar-refractivity contribution is -0.135. The number of carboxylic acid groups (broad SMARTS) is 1. The predicted octanol–water partition coefficient (Wildman–Crippen LogP) is 6.69. The Balaban J connectivity index is 1.76. The minimum atomic E-state index is -1.52. The van der Waals surface area contributed by atoms with Crippen molar-refractivity contribution in [2.45, 2.75) is 33.3 Å². The van der Waals surface area contributed by atoms with Crippen molar-refractivity contribution < 1.29 is 42.1 Å². The zero-order valence-corrected chi connectivity index (χ0v) is 24.0. The van der Waals surface area contributed by atoms with Crippen LogP contribution in [0.1, 0.15) is 54.8 Å². The van der Waals surface area contributed by atoms with Crippen LogP contribution in [0, 0.1) is 22.9 Å². The van der Waals surface area contributed by atoms with Gasteiger partial charge in [-0.1, -0.05) is 32.9 Å². The van der Waals surface area contributed by atoms with E-state index in [1.807, 2.05) is 0 Å². The van der Waals surface area contributed by atoms with Crippen LogP contribution in [-0.4, -0.2) is 49.4 Å². The van der Waals surface area contributed by atoms with Crippen molar-refractivity contribution in [3.63, 3.8) is 0 Å². The number of aliphatic carboxylic acids is 1. The van der Waals surface area contributed by atoms with Gasteiger partial charge in [0.15, 0.2) is 5.13 Å². The predicted molar refractivity (Wildman–Crippen MR) is 149 cm³/mol. The average Bonchev–Trinajstić information content (AvgIpc) is 3.36. The summed E-state index contributed by atoms with van der Waals surface area (Å²) < 4.78 is 60.4. The number of thiazole rings is 1. The minimum Gasteiger partial charge on any atom is -0.490 e. The first-order chi connectivity index (χ1) is 19.3. The number of hydrogen-bond acceptors (Lipinski definition) is 7. The molecule has 1 heterocycles. The maximum Gasteiger partial charge on any atom is 0.371 e. The van der Waals surface area contributed by atoms with E-state index in [-0.39, 0.29) is 27.4 Å². The number of rotatable bonds is 12. The molecule has 8 nitrogen and oxygen atoms in total. The highest BCUT2D eigenvalue weighted by atomic mass is 32.1. The molecule has 2 N–H and O–H groups in total. The number of ether oxygens (including phenoxy) is 3. The molecule has 1 atom stereocenters. The van der Waals surface area contributed by atoms with E-state index in [0.29, 0.717) is 31.3 Å². The number of carbonyl (C=O) groups excluding carboxylic acids is 1. The van der Waals surface area contributed by atoms with Crippen molar-refractivity contribution in [1.82, 2.24) is 4.98 Å². The lowest BCUT2D eigenvalue weighted by atomic mass is 9.98. The van der Waals surface area contributed by atoms with E-state index in [1.54, 1.807) is 23.6 Å². The zero-order chi connectivity index (χ0) is 30.3. The fourth-order valence-electron chi connectivity index (χ4n) is 3.78. The number of carbonyl (C=O) groups is 2. The van der Waals surface area contributed by atoms with Crippen LogP contribution in [0.5, 0.6) is 0 Å². The molecule has 0 radical (unpaired) electrons. The Labute approximate surface area is 239 Å². The van der Waals surface area contributed by atoms with Crippen molar-refractivity contribution >= 4 is 34.4 Å². The van der Waals surface area contributed by atoms with Gasteiger partial charge < -0.3 is 19.3 Å². The number of halogens is 3. The third-order valence-electron chi connectivity index (χ3n) is 5.77. The molecule has 0 spiro atoms. The number of methoxy groups -OCH3 is 2. The molecule has 0 saturated heterocycles. The van der Waals surface area contributed by atoms with Gasteiger partial charge in [0.2, 0.25) is 5.76 Å². The van der Waals surface area contributed by atoms with E-state index in [0.717, 1.165) is 30.6 Å². The summed E-state index contributed by atoms with van der Waals surface area (Å²) in [6.07, 6.45) is 0.569. The van der Waals surface area contributed by atoms with Gasteiger partial charge >= 0.3 is 5.97 Å². The van der Waals surface area contributed by atoms with Crippen LogP contribution in [-0.2, 0) is 19.0 Å². The molecule has 0 bridgehead atoms. The second-order valence-corrected chi connectivity index (χ2v) is 11.1. The maximum atomic E-state index is 15.5. The topological polar surface area (TPSA) is 107 Å². The van der Waals surface area contributed by atoms with Crippen molar-refractivity contribution in [3.05, 3.63) is 75.6 Å². The van der Waals surface area contributed by atoms with Crippen LogP contribution < -0.4 is 5.32 Å². The van der Waals surface area contributed by atoms with Gasteiger partial charge in [0.25, 0.3) is 5.91 Å².